The molecule has 0 aliphatic carbocycles. The van der Waals surface area contributed by atoms with Crippen molar-refractivity contribution in [2.24, 2.45) is 0 Å². The van der Waals surface area contributed by atoms with Gasteiger partial charge in [-0.3, -0.25) is 9.59 Å². The van der Waals surface area contributed by atoms with Crippen molar-refractivity contribution in [1.82, 2.24) is 9.72 Å². The summed E-state index contributed by atoms with van der Waals surface area (Å²) in [7, 11) is 0. The second-order valence-corrected chi connectivity index (χ2v) is 6.73. The fraction of sp³-hybridized carbons (Fsp3) is 0.0952. The molecule has 0 aliphatic rings. The van der Waals surface area contributed by atoms with Gasteiger partial charge in [0.15, 0.2) is 5.58 Å². The van der Waals surface area contributed by atoms with Crippen LogP contribution in [0.1, 0.15) is 11.3 Å². The monoisotopic (exact) mass is 393 g/mol. The molecule has 140 valence electrons. The van der Waals surface area contributed by atoms with Crippen LogP contribution in [0.25, 0.3) is 11.0 Å². The fourth-order valence-corrected chi connectivity index (χ4v) is 3.16. The first-order valence-electron chi connectivity index (χ1n) is 8.67. The summed E-state index contributed by atoms with van der Waals surface area (Å²) in [6, 6.07) is 17.7. The fourth-order valence-electron chi connectivity index (χ4n) is 2.96. The van der Waals surface area contributed by atoms with E-state index in [0.29, 0.717) is 28.5 Å². The van der Waals surface area contributed by atoms with Gasteiger partial charge in [-0.05, 0) is 29.8 Å². The number of carbonyl (C=O) groups excluding carboxylic acids is 1. The Labute approximate surface area is 165 Å². The molecule has 0 aliphatic heterocycles. The van der Waals surface area contributed by atoms with Gasteiger partial charge < -0.3 is 14.4 Å². The maximum absolute atomic E-state index is 12.4. The Kier molecular flexibility index (Phi) is 4.95. The highest BCUT2D eigenvalue weighted by Gasteiger charge is 2.13. The van der Waals surface area contributed by atoms with E-state index in [2.05, 4.69) is 10.5 Å². The Morgan fingerprint density at radius 1 is 1.07 bits per heavy atom. The highest BCUT2D eigenvalue weighted by molar-refractivity contribution is 6.31. The molecular weight excluding hydrogens is 378 g/mol. The molecule has 6 nitrogen and oxygen atoms in total. The minimum Gasteiger partial charge on any atom is -0.356 e. The molecule has 0 fully saturated rings. The summed E-state index contributed by atoms with van der Waals surface area (Å²) in [5.74, 6) is -0.248. The summed E-state index contributed by atoms with van der Waals surface area (Å²) in [5.41, 5.74) is 2.37. The molecule has 2 aromatic carbocycles. The summed E-state index contributed by atoms with van der Waals surface area (Å²) in [6.45, 7) is 0.316. The molecule has 7 heteroatoms. The Morgan fingerprint density at radius 2 is 1.86 bits per heavy atom. The number of carbonyl (C=O) groups is 1. The van der Waals surface area contributed by atoms with Crippen LogP contribution in [-0.2, 0) is 17.8 Å². The van der Waals surface area contributed by atoms with E-state index < -0.39 is 0 Å². The van der Waals surface area contributed by atoms with E-state index in [1.807, 2.05) is 36.4 Å². The zero-order chi connectivity index (χ0) is 19.5. The number of nitrogens with zero attached hydrogens (tertiary/aromatic N) is 2. The molecule has 28 heavy (non-hydrogen) atoms. The molecule has 1 amide bonds. The maximum atomic E-state index is 12.4. The summed E-state index contributed by atoms with van der Waals surface area (Å²) in [4.78, 5) is 24.6. The summed E-state index contributed by atoms with van der Waals surface area (Å²) >= 11 is 6.18. The summed E-state index contributed by atoms with van der Waals surface area (Å²) in [5, 5.41) is 8.16. The third kappa shape index (κ3) is 3.82. The number of pyridine rings is 1. The molecular formula is C21H16ClN3O3. The lowest BCUT2D eigenvalue weighted by Gasteiger charge is -2.10. The number of hydrogen-bond acceptors (Lipinski definition) is 4. The molecule has 0 saturated heterocycles. The number of para-hydroxylation sites is 1. The Bertz CT molecular complexity index is 1210. The lowest BCUT2D eigenvalue weighted by Crippen LogP contribution is -2.22. The van der Waals surface area contributed by atoms with E-state index in [1.165, 1.54) is 10.6 Å². The number of anilines is 1. The van der Waals surface area contributed by atoms with Crippen molar-refractivity contribution in [2.45, 2.75) is 13.0 Å². The number of fused-ring (bicyclic) bond motifs is 1. The molecule has 0 spiro atoms. The topological polar surface area (TPSA) is 77.1 Å². The number of halogens is 1. The van der Waals surface area contributed by atoms with Gasteiger partial charge in [0.1, 0.15) is 5.69 Å². The number of amides is 1. The van der Waals surface area contributed by atoms with Crippen LogP contribution in [0, 0.1) is 0 Å². The SMILES string of the molecule is O=C(Cc1noc2ccccc12)Nc1ccc(=O)n(Cc2ccccc2Cl)c1. The molecule has 0 saturated carbocycles. The van der Waals surface area contributed by atoms with E-state index in [-0.39, 0.29) is 17.9 Å². The number of aromatic nitrogens is 2. The van der Waals surface area contributed by atoms with Crippen molar-refractivity contribution in [1.29, 1.82) is 0 Å². The van der Waals surface area contributed by atoms with Crippen LogP contribution >= 0.6 is 11.6 Å². The standard InChI is InChI=1S/C21H16ClN3O3/c22-17-7-3-1-5-14(17)12-25-13-15(9-10-21(25)27)23-20(26)11-18-16-6-2-4-8-19(16)28-24-18/h1-10,13H,11-12H2,(H,23,26). The van der Waals surface area contributed by atoms with E-state index in [0.717, 1.165) is 10.9 Å². The zero-order valence-electron chi connectivity index (χ0n) is 14.8. The van der Waals surface area contributed by atoms with Gasteiger partial charge in [-0.15, -0.1) is 0 Å². The van der Waals surface area contributed by atoms with Gasteiger partial charge in [-0.1, -0.05) is 47.1 Å². The quantitative estimate of drug-likeness (QED) is 0.558. The lowest BCUT2D eigenvalue weighted by molar-refractivity contribution is -0.115. The summed E-state index contributed by atoms with van der Waals surface area (Å²) < 4.78 is 6.73. The van der Waals surface area contributed by atoms with E-state index in [1.54, 1.807) is 24.4 Å². The highest BCUT2D eigenvalue weighted by atomic mass is 35.5. The third-order valence-corrected chi connectivity index (χ3v) is 4.71. The molecule has 4 rings (SSSR count). The smallest absolute Gasteiger partial charge is 0.250 e. The van der Waals surface area contributed by atoms with Crippen LogP contribution in [0.3, 0.4) is 0 Å². The highest BCUT2D eigenvalue weighted by Crippen LogP contribution is 2.19. The molecule has 4 aromatic rings. The van der Waals surface area contributed by atoms with Crippen molar-refractivity contribution >= 4 is 34.2 Å². The number of nitrogens with one attached hydrogen (secondary N) is 1. The predicted molar refractivity (Wildman–Crippen MR) is 108 cm³/mol. The van der Waals surface area contributed by atoms with Gasteiger partial charge in [0, 0.05) is 22.7 Å². The Hall–Kier alpha value is -3.38. The van der Waals surface area contributed by atoms with Gasteiger partial charge in [0.05, 0.1) is 18.7 Å². The Morgan fingerprint density at radius 3 is 2.71 bits per heavy atom. The van der Waals surface area contributed by atoms with Gasteiger partial charge >= 0.3 is 0 Å². The number of benzene rings is 2. The zero-order valence-corrected chi connectivity index (χ0v) is 15.5. The Balaban J connectivity index is 1.51. The van der Waals surface area contributed by atoms with Crippen LogP contribution in [0.2, 0.25) is 5.02 Å². The van der Waals surface area contributed by atoms with Gasteiger partial charge in [0.2, 0.25) is 5.91 Å². The van der Waals surface area contributed by atoms with Crippen molar-refractivity contribution in [3.63, 3.8) is 0 Å². The molecule has 0 radical (unpaired) electrons. The minimum atomic E-state index is -0.248. The molecule has 0 unspecified atom stereocenters. The van der Waals surface area contributed by atoms with E-state index >= 15 is 0 Å². The average Bonchev–Trinajstić information content (AvgIpc) is 3.09. The normalized spacial score (nSPS) is 10.9. The van der Waals surface area contributed by atoms with Crippen LogP contribution in [0.4, 0.5) is 5.69 Å². The van der Waals surface area contributed by atoms with Gasteiger partial charge in [-0.25, -0.2) is 0 Å². The average molecular weight is 394 g/mol. The summed E-state index contributed by atoms with van der Waals surface area (Å²) in [6.07, 6.45) is 1.67. The number of hydrogen-bond donors (Lipinski definition) is 1. The predicted octanol–water partition coefficient (Wildman–Crippen LogP) is 3.87. The molecule has 2 heterocycles. The van der Waals surface area contributed by atoms with Crippen molar-refractivity contribution < 1.29 is 9.32 Å². The van der Waals surface area contributed by atoms with E-state index in [4.69, 9.17) is 16.1 Å². The second-order valence-electron chi connectivity index (χ2n) is 6.33. The van der Waals surface area contributed by atoms with Crippen LogP contribution in [0.15, 0.2) is 76.2 Å². The molecule has 0 bridgehead atoms. The van der Waals surface area contributed by atoms with Crippen LogP contribution in [0.5, 0.6) is 0 Å². The number of rotatable bonds is 5. The van der Waals surface area contributed by atoms with Crippen molar-refractivity contribution in [3.8, 4) is 0 Å². The van der Waals surface area contributed by atoms with Crippen LogP contribution < -0.4 is 10.9 Å². The first kappa shape index (κ1) is 18.0. The molecule has 0 atom stereocenters. The third-order valence-electron chi connectivity index (χ3n) is 4.35. The molecule has 1 N–H and O–H groups in total. The second kappa shape index (κ2) is 7.70. The van der Waals surface area contributed by atoms with Crippen molar-refractivity contribution in [2.75, 3.05) is 5.32 Å². The largest absolute Gasteiger partial charge is 0.356 e. The first-order chi connectivity index (χ1) is 13.6. The van der Waals surface area contributed by atoms with Gasteiger partial charge in [0.25, 0.3) is 5.56 Å². The van der Waals surface area contributed by atoms with Gasteiger partial charge in [-0.2, -0.15) is 0 Å². The van der Waals surface area contributed by atoms with E-state index in [9.17, 15) is 9.59 Å². The maximum Gasteiger partial charge on any atom is 0.250 e. The molecule has 2 aromatic heterocycles. The van der Waals surface area contributed by atoms with Crippen LogP contribution in [-0.4, -0.2) is 15.6 Å². The van der Waals surface area contributed by atoms with Crippen molar-refractivity contribution in [3.05, 3.63) is 93.5 Å². The first-order valence-corrected chi connectivity index (χ1v) is 9.05. The minimum absolute atomic E-state index is 0.0701. The lowest BCUT2D eigenvalue weighted by atomic mass is 10.1.